The average molecular weight is 412 g/mol. The molecule has 0 saturated carbocycles. The molecule has 1 atom stereocenters. The van der Waals surface area contributed by atoms with Gasteiger partial charge in [-0.2, -0.15) is 0 Å². The summed E-state index contributed by atoms with van der Waals surface area (Å²) < 4.78 is 10.5. The monoisotopic (exact) mass is 411 g/mol. The van der Waals surface area contributed by atoms with Crippen LogP contribution in [0.2, 0.25) is 0 Å². The molecular weight excluding hydrogens is 386 g/mol. The number of hydrogen-bond acceptors (Lipinski definition) is 3. The van der Waals surface area contributed by atoms with Gasteiger partial charge in [-0.25, -0.2) is 4.79 Å². The lowest BCUT2D eigenvalue weighted by molar-refractivity contribution is 0.0233. The Balaban J connectivity index is 1.94. The van der Waals surface area contributed by atoms with Gasteiger partial charge in [-0.1, -0.05) is 30.8 Å². The van der Waals surface area contributed by atoms with Crippen LogP contribution < -0.4 is 4.90 Å². The number of hydrogen-bond donors (Lipinski definition) is 0. The molecule has 5 nitrogen and oxygen atoms in total. The Morgan fingerprint density at radius 1 is 1.10 bits per heavy atom. The van der Waals surface area contributed by atoms with E-state index >= 15 is 0 Å². The van der Waals surface area contributed by atoms with Crippen molar-refractivity contribution in [2.75, 3.05) is 19.0 Å². The van der Waals surface area contributed by atoms with Gasteiger partial charge in [0.25, 0.3) is 0 Å². The number of ether oxygens (including phenoxy) is 1. The number of para-hydroxylation sites is 1. The van der Waals surface area contributed by atoms with Crippen molar-refractivity contribution in [3.63, 3.8) is 0 Å². The van der Waals surface area contributed by atoms with Gasteiger partial charge < -0.3 is 18.8 Å². The largest absolute Gasteiger partial charge is 0.439 e. The van der Waals surface area contributed by atoms with Crippen LogP contribution in [-0.4, -0.2) is 29.2 Å². The lowest BCUT2D eigenvalue weighted by Crippen LogP contribution is -2.32. The van der Waals surface area contributed by atoms with E-state index in [9.17, 15) is 4.79 Å². The average Bonchev–Trinajstić information content (AvgIpc) is 3.40. The summed E-state index contributed by atoms with van der Waals surface area (Å²) >= 11 is 0. The highest BCUT2D eigenvalue weighted by atomic mass is 16.6. The van der Waals surface area contributed by atoms with Crippen molar-refractivity contribution in [1.82, 2.24) is 9.13 Å². The van der Waals surface area contributed by atoms with E-state index < -0.39 is 5.60 Å². The van der Waals surface area contributed by atoms with Crippen LogP contribution in [0.1, 0.15) is 32.9 Å². The topological polar surface area (TPSA) is 39.4 Å². The zero-order valence-corrected chi connectivity index (χ0v) is 18.2. The number of fused-ring (bicyclic) bond motifs is 2. The van der Waals surface area contributed by atoms with E-state index in [0.29, 0.717) is 5.56 Å². The van der Waals surface area contributed by atoms with Crippen LogP contribution in [0.4, 0.5) is 5.69 Å². The lowest BCUT2D eigenvalue weighted by atomic mass is 9.81. The van der Waals surface area contributed by atoms with Crippen molar-refractivity contribution in [2.24, 2.45) is 7.05 Å². The standard InChI is InChI=1S/C26H25N3O2/c1-6-29-17(2)24(19-10-7-8-11-22(19)29)26(23-12-9-15-28(23)5)21-14-13-18(27(3)4)16-20(21)25(30)31-26/h6-16H,1H2,2-5H3. The highest BCUT2D eigenvalue weighted by Crippen LogP contribution is 2.51. The highest BCUT2D eigenvalue weighted by molar-refractivity contribution is 5.99. The smallest absolute Gasteiger partial charge is 0.340 e. The minimum Gasteiger partial charge on any atom is -0.439 e. The number of aromatic nitrogens is 2. The predicted molar refractivity (Wildman–Crippen MR) is 125 cm³/mol. The van der Waals surface area contributed by atoms with Gasteiger partial charge in [-0.05, 0) is 37.3 Å². The summed E-state index contributed by atoms with van der Waals surface area (Å²) in [6.07, 6.45) is 3.80. The van der Waals surface area contributed by atoms with Gasteiger partial charge in [0.05, 0.1) is 16.8 Å². The van der Waals surface area contributed by atoms with E-state index in [-0.39, 0.29) is 5.97 Å². The normalized spacial score (nSPS) is 17.6. The van der Waals surface area contributed by atoms with E-state index in [2.05, 4.69) is 30.2 Å². The summed E-state index contributed by atoms with van der Waals surface area (Å²) in [5, 5.41) is 1.04. The van der Waals surface area contributed by atoms with Crippen LogP contribution in [0.5, 0.6) is 0 Å². The molecule has 0 radical (unpaired) electrons. The maximum Gasteiger partial charge on any atom is 0.340 e. The molecule has 2 aromatic heterocycles. The molecule has 31 heavy (non-hydrogen) atoms. The second-order valence-electron chi connectivity index (χ2n) is 8.23. The minimum absolute atomic E-state index is 0.310. The van der Waals surface area contributed by atoms with Gasteiger partial charge in [0.2, 0.25) is 5.60 Å². The third kappa shape index (κ3) is 2.46. The van der Waals surface area contributed by atoms with Gasteiger partial charge >= 0.3 is 5.97 Å². The van der Waals surface area contributed by atoms with Gasteiger partial charge in [0.1, 0.15) is 0 Å². The Hall–Kier alpha value is -3.73. The van der Waals surface area contributed by atoms with E-state index in [1.54, 1.807) is 0 Å². The number of aryl methyl sites for hydroxylation is 1. The molecule has 2 aromatic carbocycles. The second kappa shape index (κ2) is 6.64. The Bertz CT molecular complexity index is 1360. The first kappa shape index (κ1) is 19.2. The molecule has 1 unspecified atom stereocenters. The Labute approximate surface area is 181 Å². The van der Waals surface area contributed by atoms with Crippen molar-refractivity contribution in [3.8, 4) is 0 Å². The molecule has 0 aliphatic carbocycles. The molecular formula is C26H25N3O2. The van der Waals surface area contributed by atoms with Gasteiger partial charge in [-0.3, -0.25) is 0 Å². The second-order valence-corrected chi connectivity index (χ2v) is 8.23. The summed E-state index contributed by atoms with van der Waals surface area (Å²) in [7, 11) is 5.92. The first-order chi connectivity index (χ1) is 14.9. The molecule has 0 amide bonds. The fourth-order valence-corrected chi connectivity index (χ4v) is 4.94. The summed E-state index contributed by atoms with van der Waals surface area (Å²) in [4.78, 5) is 15.3. The highest BCUT2D eigenvalue weighted by Gasteiger charge is 2.52. The molecule has 0 spiro atoms. The fourth-order valence-electron chi connectivity index (χ4n) is 4.94. The SMILES string of the molecule is C=Cn1c(C)c(C2(c3cccn3C)OC(=O)c3cc(N(C)C)ccc32)c2ccccc21. The number of nitrogens with zero attached hydrogens (tertiary/aromatic N) is 3. The maximum absolute atomic E-state index is 13.3. The molecule has 3 heterocycles. The first-order valence-corrected chi connectivity index (χ1v) is 10.3. The molecule has 5 heteroatoms. The number of rotatable bonds is 4. The Kier molecular flexibility index (Phi) is 4.12. The predicted octanol–water partition coefficient (Wildman–Crippen LogP) is 4.92. The number of cyclic esters (lactones) is 1. The minimum atomic E-state index is -1.05. The summed E-state index contributed by atoms with van der Waals surface area (Å²) in [6.45, 7) is 6.08. The van der Waals surface area contributed by atoms with Gasteiger partial charge in [0.15, 0.2) is 0 Å². The molecule has 0 saturated heterocycles. The number of carbonyl (C=O) groups is 1. The Morgan fingerprint density at radius 2 is 1.87 bits per heavy atom. The quantitative estimate of drug-likeness (QED) is 0.448. The number of carbonyl (C=O) groups excluding carboxylic acids is 1. The summed E-state index contributed by atoms with van der Waals surface area (Å²) in [5.41, 5.74) is 5.28. The fraction of sp³-hybridized carbons (Fsp3) is 0.192. The molecule has 5 rings (SSSR count). The number of esters is 1. The van der Waals surface area contributed by atoms with Crippen LogP contribution in [0.15, 0.2) is 67.4 Å². The third-order valence-corrected chi connectivity index (χ3v) is 6.36. The molecule has 1 aliphatic heterocycles. The zero-order valence-electron chi connectivity index (χ0n) is 18.2. The van der Waals surface area contributed by atoms with Gasteiger partial charge in [0, 0.05) is 61.4 Å². The van der Waals surface area contributed by atoms with Crippen molar-refractivity contribution < 1.29 is 9.53 Å². The summed E-state index contributed by atoms with van der Waals surface area (Å²) in [6, 6.07) is 18.2. The molecule has 0 fully saturated rings. The van der Waals surface area contributed by atoms with Crippen LogP contribution in [0.3, 0.4) is 0 Å². The molecule has 156 valence electrons. The van der Waals surface area contributed by atoms with Crippen molar-refractivity contribution >= 4 is 28.8 Å². The number of benzene rings is 2. The molecule has 4 aromatic rings. The Morgan fingerprint density at radius 3 is 2.55 bits per heavy atom. The van der Waals surface area contributed by atoms with Crippen LogP contribution >= 0.6 is 0 Å². The van der Waals surface area contributed by atoms with E-state index in [1.165, 1.54) is 0 Å². The van der Waals surface area contributed by atoms with Gasteiger partial charge in [-0.15, -0.1) is 0 Å². The van der Waals surface area contributed by atoms with Crippen LogP contribution in [0.25, 0.3) is 17.1 Å². The molecule has 1 aliphatic rings. The molecule has 0 bridgehead atoms. The van der Waals surface area contributed by atoms with E-state index in [0.717, 1.165) is 39.1 Å². The third-order valence-electron chi connectivity index (χ3n) is 6.36. The van der Waals surface area contributed by atoms with Crippen molar-refractivity contribution in [1.29, 1.82) is 0 Å². The van der Waals surface area contributed by atoms with Crippen molar-refractivity contribution in [3.05, 3.63) is 95.5 Å². The lowest BCUT2D eigenvalue weighted by Gasteiger charge is -2.31. The molecule has 0 N–H and O–H groups in total. The van der Waals surface area contributed by atoms with E-state index in [1.807, 2.05) is 85.5 Å². The van der Waals surface area contributed by atoms with Crippen LogP contribution in [-0.2, 0) is 17.4 Å². The summed E-state index contributed by atoms with van der Waals surface area (Å²) in [5.74, 6) is -0.310. The van der Waals surface area contributed by atoms with E-state index in [4.69, 9.17) is 4.74 Å². The first-order valence-electron chi connectivity index (χ1n) is 10.3. The maximum atomic E-state index is 13.3. The van der Waals surface area contributed by atoms with Crippen molar-refractivity contribution in [2.45, 2.75) is 12.5 Å². The number of anilines is 1. The van der Waals surface area contributed by atoms with Crippen LogP contribution in [0, 0.1) is 6.92 Å². The zero-order chi connectivity index (χ0) is 21.9.